The van der Waals surface area contributed by atoms with Gasteiger partial charge in [-0.15, -0.1) is 0 Å². The molecule has 9 heteroatoms. The SMILES string of the molecule is O=C1CCC2(OC(=O)C3CCC3)[C@H]3Cc4ccccc4[C@@]2(CCN3C(=O)OCC(Cl)(Cl)Cl)C1. The highest BCUT2D eigenvalue weighted by Crippen LogP contribution is 2.59. The molecule has 3 fully saturated rings. The van der Waals surface area contributed by atoms with Crippen LogP contribution in [0.15, 0.2) is 24.3 Å². The van der Waals surface area contributed by atoms with Gasteiger partial charge in [0.15, 0.2) is 0 Å². The average molecular weight is 515 g/mol. The summed E-state index contributed by atoms with van der Waals surface area (Å²) in [5.74, 6) is -0.175. The van der Waals surface area contributed by atoms with E-state index in [0.717, 1.165) is 30.4 Å². The number of amides is 1. The molecule has 178 valence electrons. The number of alkyl halides is 3. The number of halogens is 3. The van der Waals surface area contributed by atoms with E-state index in [1.165, 1.54) is 0 Å². The minimum absolute atomic E-state index is 0.114. The Balaban J connectivity index is 1.58. The molecule has 0 aromatic heterocycles. The first-order chi connectivity index (χ1) is 15.7. The summed E-state index contributed by atoms with van der Waals surface area (Å²) in [6.45, 7) is -0.0114. The fourth-order valence-electron chi connectivity index (χ4n) is 6.32. The molecule has 1 saturated heterocycles. The van der Waals surface area contributed by atoms with Gasteiger partial charge in [-0.2, -0.15) is 0 Å². The topological polar surface area (TPSA) is 72.9 Å². The summed E-state index contributed by atoms with van der Waals surface area (Å²) in [5.41, 5.74) is 0.475. The lowest BCUT2D eigenvalue weighted by Crippen LogP contribution is -2.75. The van der Waals surface area contributed by atoms with Crippen molar-refractivity contribution in [2.24, 2.45) is 5.92 Å². The van der Waals surface area contributed by atoms with Crippen LogP contribution in [-0.2, 0) is 30.9 Å². The monoisotopic (exact) mass is 513 g/mol. The molecule has 1 amide bonds. The van der Waals surface area contributed by atoms with Gasteiger partial charge in [0, 0.05) is 24.8 Å². The summed E-state index contributed by atoms with van der Waals surface area (Å²) in [6, 6.07) is 7.53. The van der Waals surface area contributed by atoms with Gasteiger partial charge in [0.1, 0.15) is 18.0 Å². The van der Waals surface area contributed by atoms with Gasteiger partial charge in [0.05, 0.1) is 12.0 Å². The summed E-state index contributed by atoms with van der Waals surface area (Å²) in [5, 5.41) is 0. The number of benzene rings is 1. The first kappa shape index (κ1) is 23.3. The van der Waals surface area contributed by atoms with Crippen LogP contribution >= 0.6 is 34.8 Å². The molecular formula is C24H26Cl3NO5. The lowest BCUT2D eigenvalue weighted by atomic mass is 9.49. The van der Waals surface area contributed by atoms with E-state index in [2.05, 4.69) is 0 Å². The number of ether oxygens (including phenoxy) is 2. The van der Waals surface area contributed by atoms with Gasteiger partial charge in [-0.1, -0.05) is 65.5 Å². The zero-order chi connectivity index (χ0) is 23.4. The molecule has 2 saturated carbocycles. The molecule has 3 aliphatic carbocycles. The summed E-state index contributed by atoms with van der Waals surface area (Å²) in [4.78, 5) is 40.8. The Morgan fingerprint density at radius 3 is 2.61 bits per heavy atom. The number of rotatable bonds is 3. The molecular weight excluding hydrogens is 489 g/mol. The number of piperidine rings is 1. The normalized spacial score (nSPS) is 31.2. The predicted octanol–water partition coefficient (Wildman–Crippen LogP) is 4.90. The van der Waals surface area contributed by atoms with Gasteiger partial charge in [0.2, 0.25) is 3.79 Å². The van der Waals surface area contributed by atoms with E-state index in [9.17, 15) is 14.4 Å². The zero-order valence-electron chi connectivity index (χ0n) is 18.2. The number of fused-ring (bicyclic) bond motifs is 1. The highest BCUT2D eigenvalue weighted by Gasteiger charge is 2.68. The van der Waals surface area contributed by atoms with Crippen LogP contribution in [0.1, 0.15) is 56.1 Å². The van der Waals surface area contributed by atoms with Crippen LogP contribution in [0, 0.1) is 5.92 Å². The average Bonchev–Trinajstić information content (AvgIpc) is 2.70. The Labute approximate surface area is 207 Å². The molecule has 0 spiro atoms. The maximum absolute atomic E-state index is 13.2. The third-order valence-electron chi connectivity index (χ3n) is 8.04. The van der Waals surface area contributed by atoms with Gasteiger partial charge in [-0.3, -0.25) is 9.59 Å². The largest absolute Gasteiger partial charge is 0.456 e. The van der Waals surface area contributed by atoms with Gasteiger partial charge in [-0.05, 0) is 43.2 Å². The molecule has 5 rings (SSSR count). The van der Waals surface area contributed by atoms with E-state index >= 15 is 0 Å². The number of carbonyl (C=O) groups excluding carboxylic acids is 3. The summed E-state index contributed by atoms with van der Waals surface area (Å²) in [7, 11) is 0. The van der Waals surface area contributed by atoms with Crippen LogP contribution in [0.25, 0.3) is 0 Å². The lowest BCUT2D eigenvalue weighted by molar-refractivity contribution is -0.209. The second-order valence-electron chi connectivity index (χ2n) is 9.73. The number of likely N-dealkylation sites (tertiary alicyclic amines) is 1. The number of esters is 1. The molecule has 2 bridgehead atoms. The molecule has 1 aromatic rings. The van der Waals surface area contributed by atoms with E-state index in [1.54, 1.807) is 4.90 Å². The summed E-state index contributed by atoms with van der Waals surface area (Å²) >= 11 is 17.4. The number of nitrogens with zero attached hydrogens (tertiary/aromatic N) is 1. The highest BCUT2D eigenvalue weighted by atomic mass is 35.6. The first-order valence-electron chi connectivity index (χ1n) is 11.5. The van der Waals surface area contributed by atoms with Crippen LogP contribution in [-0.4, -0.2) is 51.3 Å². The van der Waals surface area contributed by atoms with Crippen molar-refractivity contribution >= 4 is 52.6 Å². The maximum atomic E-state index is 13.2. The van der Waals surface area contributed by atoms with Crippen molar-refractivity contribution in [1.82, 2.24) is 4.90 Å². The smallest absolute Gasteiger partial charge is 0.410 e. The minimum atomic E-state index is -1.72. The molecule has 0 N–H and O–H groups in total. The van der Waals surface area contributed by atoms with Crippen LogP contribution in [0.5, 0.6) is 0 Å². The molecule has 4 aliphatic rings. The molecule has 1 aliphatic heterocycles. The number of Topliss-reactive ketones (excluding diaryl/α,β-unsaturated/α-hetero) is 1. The zero-order valence-corrected chi connectivity index (χ0v) is 20.4. The molecule has 3 atom stereocenters. The standard InChI is InChI=1S/C24H26Cl3NO5/c25-24(26,27)14-32-21(31)28-11-10-22-13-17(29)8-9-23(22,33-20(30)15-5-3-6-15)19(28)12-16-4-1-2-7-18(16)22/h1-2,4,7,15,19H,3,5-6,8-14H2/t19-,22-,23?/m1/s1. The number of ketones is 1. The van der Waals surface area contributed by atoms with Crippen molar-refractivity contribution in [3.05, 3.63) is 35.4 Å². The molecule has 1 aromatic carbocycles. The fourth-order valence-corrected chi connectivity index (χ4v) is 6.48. The van der Waals surface area contributed by atoms with Crippen molar-refractivity contribution in [1.29, 1.82) is 0 Å². The van der Waals surface area contributed by atoms with E-state index in [-0.39, 0.29) is 24.3 Å². The van der Waals surface area contributed by atoms with E-state index in [4.69, 9.17) is 44.3 Å². The quantitative estimate of drug-likeness (QED) is 0.424. The second kappa shape index (κ2) is 8.31. The second-order valence-corrected chi connectivity index (χ2v) is 12.2. The van der Waals surface area contributed by atoms with Crippen molar-refractivity contribution in [3.8, 4) is 0 Å². The van der Waals surface area contributed by atoms with Gasteiger partial charge in [-0.25, -0.2) is 4.79 Å². The van der Waals surface area contributed by atoms with Crippen LogP contribution < -0.4 is 0 Å². The summed E-state index contributed by atoms with van der Waals surface area (Å²) < 4.78 is 10.1. The van der Waals surface area contributed by atoms with Crippen LogP contribution in [0.4, 0.5) is 4.79 Å². The predicted molar refractivity (Wildman–Crippen MR) is 124 cm³/mol. The lowest BCUT2D eigenvalue weighted by Gasteiger charge is -2.64. The Morgan fingerprint density at radius 2 is 1.91 bits per heavy atom. The van der Waals surface area contributed by atoms with Crippen molar-refractivity contribution < 1.29 is 23.9 Å². The number of hydrogen-bond acceptors (Lipinski definition) is 5. The summed E-state index contributed by atoms with van der Waals surface area (Å²) in [6.07, 6.45) is 4.05. The molecule has 1 unspecified atom stereocenters. The maximum Gasteiger partial charge on any atom is 0.410 e. The highest BCUT2D eigenvalue weighted by molar-refractivity contribution is 6.67. The Morgan fingerprint density at radius 1 is 1.15 bits per heavy atom. The van der Waals surface area contributed by atoms with Gasteiger partial charge in [0.25, 0.3) is 0 Å². The number of carbonyl (C=O) groups is 3. The van der Waals surface area contributed by atoms with Crippen molar-refractivity contribution in [3.63, 3.8) is 0 Å². The van der Waals surface area contributed by atoms with Crippen molar-refractivity contribution in [2.75, 3.05) is 13.2 Å². The third-order valence-corrected chi connectivity index (χ3v) is 8.37. The van der Waals surface area contributed by atoms with Crippen LogP contribution in [0.2, 0.25) is 0 Å². The minimum Gasteiger partial charge on any atom is -0.456 e. The fraction of sp³-hybridized carbons (Fsp3) is 0.625. The molecule has 0 radical (unpaired) electrons. The van der Waals surface area contributed by atoms with E-state index < -0.39 is 26.9 Å². The van der Waals surface area contributed by atoms with Crippen molar-refractivity contribution in [2.45, 2.75) is 72.2 Å². The van der Waals surface area contributed by atoms with E-state index in [1.807, 2.05) is 24.3 Å². The molecule has 33 heavy (non-hydrogen) atoms. The van der Waals surface area contributed by atoms with Crippen LogP contribution in [0.3, 0.4) is 0 Å². The Kier molecular flexibility index (Phi) is 5.86. The Bertz CT molecular complexity index is 991. The Hall–Kier alpha value is -1.50. The number of hydrogen-bond donors (Lipinski definition) is 0. The van der Waals surface area contributed by atoms with E-state index in [0.29, 0.717) is 38.6 Å². The van der Waals surface area contributed by atoms with Gasteiger partial charge < -0.3 is 14.4 Å². The molecule has 1 heterocycles. The third kappa shape index (κ3) is 3.82. The first-order valence-corrected chi connectivity index (χ1v) is 12.6. The van der Waals surface area contributed by atoms with Gasteiger partial charge >= 0.3 is 12.1 Å². The molecule has 6 nitrogen and oxygen atoms in total.